The van der Waals surface area contributed by atoms with E-state index in [1.807, 2.05) is 11.5 Å². The number of hydrogen-bond donors (Lipinski definition) is 0. The van der Waals surface area contributed by atoms with Gasteiger partial charge in [0, 0.05) is 13.1 Å². The van der Waals surface area contributed by atoms with Crippen LogP contribution in [-0.4, -0.2) is 29.1 Å². The molecule has 0 saturated heterocycles. The first-order chi connectivity index (χ1) is 9.26. The number of aromatic nitrogens is 6. The Hall–Kier alpha value is -2.31. The van der Waals surface area contributed by atoms with Crippen LogP contribution >= 0.6 is 0 Å². The minimum Gasteiger partial charge on any atom is -0.315 e. The summed E-state index contributed by atoms with van der Waals surface area (Å²) in [5.41, 5.74) is 1.58. The Balaban J connectivity index is 2.36. The first-order valence-corrected chi connectivity index (χ1v) is 6.32. The van der Waals surface area contributed by atoms with Crippen molar-refractivity contribution in [2.24, 2.45) is 0 Å². The van der Waals surface area contributed by atoms with E-state index in [0.29, 0.717) is 29.2 Å². The molecule has 98 valence electrons. The standard InChI is InChI=1S/C12H14N6O/c1-3-5-17-7-15-8-9-11(14-6-13-10(8)17)18(4-2)12(19)16-9/h6-7H,3-5H2,1-2H3. The van der Waals surface area contributed by atoms with Gasteiger partial charge in [-0.3, -0.25) is 4.57 Å². The first-order valence-electron chi connectivity index (χ1n) is 6.32. The van der Waals surface area contributed by atoms with Crippen molar-refractivity contribution in [2.45, 2.75) is 33.4 Å². The Labute approximate surface area is 109 Å². The van der Waals surface area contributed by atoms with Crippen LogP contribution in [0.4, 0.5) is 0 Å². The molecule has 3 rings (SSSR count). The lowest BCUT2D eigenvalue weighted by atomic mass is 10.3. The largest absolute Gasteiger partial charge is 0.349 e. The summed E-state index contributed by atoms with van der Waals surface area (Å²) in [4.78, 5) is 28.7. The lowest BCUT2D eigenvalue weighted by molar-refractivity contribution is 0.691. The quantitative estimate of drug-likeness (QED) is 0.698. The van der Waals surface area contributed by atoms with Gasteiger partial charge < -0.3 is 4.57 Å². The van der Waals surface area contributed by atoms with E-state index < -0.39 is 0 Å². The van der Waals surface area contributed by atoms with Gasteiger partial charge in [0.1, 0.15) is 17.5 Å². The lowest BCUT2D eigenvalue weighted by Gasteiger charge is -1.97. The molecular formula is C12H14N6O. The van der Waals surface area contributed by atoms with Crippen molar-refractivity contribution in [3.8, 4) is 11.5 Å². The van der Waals surface area contributed by atoms with Crippen molar-refractivity contribution < 1.29 is 0 Å². The molecule has 0 atom stereocenters. The predicted molar refractivity (Wildman–Crippen MR) is 70.0 cm³/mol. The Kier molecular flexibility index (Phi) is 2.73. The summed E-state index contributed by atoms with van der Waals surface area (Å²) in [5.74, 6) is 0.539. The van der Waals surface area contributed by atoms with Gasteiger partial charge in [0.2, 0.25) is 0 Å². The third-order valence-corrected chi connectivity index (χ3v) is 3.08. The van der Waals surface area contributed by atoms with Gasteiger partial charge in [-0.2, -0.15) is 4.98 Å². The average Bonchev–Trinajstić information content (AvgIpc) is 2.87. The van der Waals surface area contributed by atoms with E-state index in [1.165, 1.54) is 10.9 Å². The van der Waals surface area contributed by atoms with E-state index in [2.05, 4.69) is 26.9 Å². The summed E-state index contributed by atoms with van der Waals surface area (Å²) >= 11 is 0. The molecule has 0 amide bonds. The fourth-order valence-corrected chi connectivity index (χ4v) is 2.22. The van der Waals surface area contributed by atoms with Crippen LogP contribution in [-0.2, 0) is 13.1 Å². The van der Waals surface area contributed by atoms with Gasteiger partial charge in [-0.15, -0.1) is 0 Å². The van der Waals surface area contributed by atoms with Crippen molar-refractivity contribution in [2.75, 3.05) is 0 Å². The smallest absolute Gasteiger partial charge is 0.315 e. The Bertz CT molecular complexity index is 759. The first kappa shape index (κ1) is 11.8. The molecule has 0 bridgehead atoms. The van der Waals surface area contributed by atoms with Crippen molar-refractivity contribution in [3.63, 3.8) is 0 Å². The number of nitrogens with zero attached hydrogens (tertiary/aromatic N) is 6. The lowest BCUT2D eigenvalue weighted by Crippen LogP contribution is -2.15. The summed E-state index contributed by atoms with van der Waals surface area (Å²) in [5, 5.41) is 0. The Morgan fingerprint density at radius 2 is 2.05 bits per heavy atom. The molecule has 1 aromatic rings. The minimum atomic E-state index is -0.289. The average molecular weight is 258 g/mol. The third kappa shape index (κ3) is 1.69. The van der Waals surface area contributed by atoms with Crippen LogP contribution in [0.15, 0.2) is 17.4 Å². The summed E-state index contributed by atoms with van der Waals surface area (Å²) in [6.45, 7) is 5.33. The summed E-state index contributed by atoms with van der Waals surface area (Å²) in [6.07, 6.45) is 4.18. The zero-order valence-corrected chi connectivity index (χ0v) is 10.9. The van der Waals surface area contributed by atoms with Gasteiger partial charge >= 0.3 is 5.69 Å². The molecule has 0 aromatic carbocycles. The molecule has 0 radical (unpaired) electrons. The van der Waals surface area contributed by atoms with E-state index in [-0.39, 0.29) is 5.69 Å². The fraction of sp³-hybridized carbons (Fsp3) is 0.417. The van der Waals surface area contributed by atoms with Crippen LogP contribution in [0.25, 0.3) is 22.7 Å². The maximum Gasteiger partial charge on any atom is 0.349 e. The Morgan fingerprint density at radius 1 is 1.21 bits per heavy atom. The van der Waals surface area contributed by atoms with Crippen LogP contribution in [0, 0.1) is 0 Å². The number of imidazole rings is 2. The zero-order valence-electron chi connectivity index (χ0n) is 10.9. The summed E-state index contributed by atoms with van der Waals surface area (Å²) < 4.78 is 3.47. The zero-order chi connectivity index (χ0) is 13.4. The molecule has 1 aromatic heterocycles. The highest BCUT2D eigenvalue weighted by Crippen LogP contribution is 2.22. The van der Waals surface area contributed by atoms with Crippen LogP contribution in [0.3, 0.4) is 0 Å². The molecule has 2 aliphatic rings. The number of hydrogen-bond acceptors (Lipinski definition) is 5. The van der Waals surface area contributed by atoms with E-state index in [0.717, 1.165) is 13.0 Å². The topological polar surface area (TPSA) is 78.5 Å². The molecule has 2 aliphatic heterocycles. The summed E-state index contributed by atoms with van der Waals surface area (Å²) in [7, 11) is 0. The fourth-order valence-electron chi connectivity index (χ4n) is 2.22. The van der Waals surface area contributed by atoms with Crippen molar-refractivity contribution in [3.05, 3.63) is 23.1 Å². The van der Waals surface area contributed by atoms with Gasteiger partial charge in [0.25, 0.3) is 0 Å². The highest BCUT2D eigenvalue weighted by molar-refractivity contribution is 5.84. The predicted octanol–water partition coefficient (Wildman–Crippen LogP) is 0.918. The van der Waals surface area contributed by atoms with Crippen LogP contribution in [0.5, 0.6) is 0 Å². The van der Waals surface area contributed by atoms with Crippen molar-refractivity contribution in [1.29, 1.82) is 0 Å². The molecule has 0 fully saturated rings. The maximum absolute atomic E-state index is 11.8. The van der Waals surface area contributed by atoms with Gasteiger partial charge in [0.15, 0.2) is 11.5 Å². The highest BCUT2D eigenvalue weighted by Gasteiger charge is 2.19. The van der Waals surface area contributed by atoms with Crippen LogP contribution in [0.2, 0.25) is 0 Å². The number of fused-ring (bicyclic) bond motifs is 3. The van der Waals surface area contributed by atoms with Crippen LogP contribution in [0.1, 0.15) is 20.3 Å². The van der Waals surface area contributed by atoms with Gasteiger partial charge in [-0.25, -0.2) is 19.7 Å². The number of aryl methyl sites for hydroxylation is 1. The normalized spacial score (nSPS) is 11.5. The number of rotatable bonds is 3. The van der Waals surface area contributed by atoms with Gasteiger partial charge in [0.05, 0.1) is 6.33 Å². The maximum atomic E-state index is 11.8. The highest BCUT2D eigenvalue weighted by atomic mass is 16.1. The Morgan fingerprint density at radius 3 is 2.79 bits per heavy atom. The molecule has 0 unspecified atom stereocenters. The van der Waals surface area contributed by atoms with E-state index in [9.17, 15) is 4.79 Å². The molecule has 3 heterocycles. The van der Waals surface area contributed by atoms with E-state index in [1.54, 1.807) is 6.33 Å². The van der Waals surface area contributed by atoms with Crippen molar-refractivity contribution in [1.82, 2.24) is 29.1 Å². The second kappa shape index (κ2) is 4.42. The SMILES string of the molecule is CCCn1cnc2c3nc(=O)n(CC)c-3ncnc21. The monoisotopic (exact) mass is 258 g/mol. The molecule has 7 nitrogen and oxygen atoms in total. The molecule has 0 saturated carbocycles. The van der Waals surface area contributed by atoms with Crippen LogP contribution < -0.4 is 5.69 Å². The summed E-state index contributed by atoms with van der Waals surface area (Å²) in [6, 6.07) is 0. The molecule has 7 heteroatoms. The molecular weight excluding hydrogens is 244 g/mol. The van der Waals surface area contributed by atoms with Gasteiger partial charge in [-0.05, 0) is 13.3 Å². The van der Waals surface area contributed by atoms with E-state index in [4.69, 9.17) is 0 Å². The molecule has 0 spiro atoms. The second-order valence-electron chi connectivity index (χ2n) is 4.29. The minimum absolute atomic E-state index is 0.289. The molecule has 0 N–H and O–H groups in total. The molecule has 19 heavy (non-hydrogen) atoms. The van der Waals surface area contributed by atoms with E-state index >= 15 is 0 Å². The van der Waals surface area contributed by atoms with Crippen molar-refractivity contribution >= 4 is 11.2 Å². The second-order valence-corrected chi connectivity index (χ2v) is 4.29. The van der Waals surface area contributed by atoms with Gasteiger partial charge in [-0.1, -0.05) is 6.92 Å². The molecule has 0 aliphatic carbocycles. The third-order valence-electron chi connectivity index (χ3n) is 3.08.